The number of Topliss-reactive ketones (excluding diaryl/α,β-unsaturated/α-hetero) is 1. The summed E-state index contributed by atoms with van der Waals surface area (Å²) < 4.78 is 5.80. The Labute approximate surface area is 115 Å². The van der Waals surface area contributed by atoms with Crippen LogP contribution in [0.4, 0.5) is 0 Å². The van der Waals surface area contributed by atoms with E-state index in [9.17, 15) is 4.79 Å². The normalized spacial score (nSPS) is 18.6. The lowest BCUT2D eigenvalue weighted by molar-refractivity contribution is -0.121. The van der Waals surface area contributed by atoms with Crippen molar-refractivity contribution < 1.29 is 9.53 Å². The van der Waals surface area contributed by atoms with Crippen LogP contribution in [-0.2, 0) is 4.79 Å². The van der Waals surface area contributed by atoms with Gasteiger partial charge in [0.2, 0.25) is 0 Å². The summed E-state index contributed by atoms with van der Waals surface area (Å²) in [5, 5.41) is 3.23. The lowest BCUT2D eigenvalue weighted by Gasteiger charge is -2.14. The standard InChI is InChI=1S/C16H23NO2/c1-11-9-12(2)16(13(3)10-11)19-8-6-15(18)14-5-4-7-17-14/h9-10,14,17H,4-8H2,1-3H3. The molecule has 1 aliphatic heterocycles. The Morgan fingerprint density at radius 1 is 1.32 bits per heavy atom. The van der Waals surface area contributed by atoms with Crippen LogP contribution in [-0.4, -0.2) is 25.0 Å². The van der Waals surface area contributed by atoms with Gasteiger partial charge in [-0.3, -0.25) is 4.79 Å². The molecule has 0 radical (unpaired) electrons. The monoisotopic (exact) mass is 261 g/mol. The van der Waals surface area contributed by atoms with E-state index in [2.05, 4.69) is 38.2 Å². The van der Waals surface area contributed by atoms with E-state index in [0.29, 0.717) is 13.0 Å². The van der Waals surface area contributed by atoms with Gasteiger partial charge in [-0.15, -0.1) is 0 Å². The predicted octanol–water partition coefficient (Wildman–Crippen LogP) is 2.70. The largest absolute Gasteiger partial charge is 0.493 e. The third-order valence-electron chi connectivity index (χ3n) is 3.65. The molecule has 1 aromatic rings. The summed E-state index contributed by atoms with van der Waals surface area (Å²) in [5.74, 6) is 1.21. The Morgan fingerprint density at radius 3 is 2.58 bits per heavy atom. The summed E-state index contributed by atoms with van der Waals surface area (Å²) in [7, 11) is 0. The Morgan fingerprint density at radius 2 is 2.00 bits per heavy atom. The zero-order chi connectivity index (χ0) is 13.8. The van der Waals surface area contributed by atoms with Gasteiger partial charge in [-0.05, 0) is 51.3 Å². The van der Waals surface area contributed by atoms with Crippen molar-refractivity contribution in [3.63, 3.8) is 0 Å². The molecule has 1 aliphatic rings. The van der Waals surface area contributed by atoms with Crippen LogP contribution in [0.2, 0.25) is 0 Å². The molecular formula is C16H23NO2. The van der Waals surface area contributed by atoms with Crippen molar-refractivity contribution in [3.8, 4) is 5.75 Å². The first-order chi connectivity index (χ1) is 9.08. The topological polar surface area (TPSA) is 38.3 Å². The molecular weight excluding hydrogens is 238 g/mol. The van der Waals surface area contributed by atoms with Crippen LogP contribution < -0.4 is 10.1 Å². The Hall–Kier alpha value is -1.35. The highest BCUT2D eigenvalue weighted by Gasteiger charge is 2.21. The molecule has 1 saturated heterocycles. The minimum atomic E-state index is 0.0591. The molecule has 0 aliphatic carbocycles. The van der Waals surface area contributed by atoms with E-state index >= 15 is 0 Å². The van der Waals surface area contributed by atoms with Gasteiger partial charge in [0, 0.05) is 6.42 Å². The number of aryl methyl sites for hydroxylation is 3. The second-order valence-electron chi connectivity index (χ2n) is 5.44. The van der Waals surface area contributed by atoms with Gasteiger partial charge < -0.3 is 10.1 Å². The van der Waals surface area contributed by atoms with E-state index in [-0.39, 0.29) is 11.8 Å². The molecule has 0 amide bonds. The molecule has 1 heterocycles. The Bertz CT molecular complexity index is 439. The van der Waals surface area contributed by atoms with Gasteiger partial charge in [0.25, 0.3) is 0 Å². The van der Waals surface area contributed by atoms with E-state index < -0.39 is 0 Å². The van der Waals surface area contributed by atoms with Crippen molar-refractivity contribution in [2.45, 2.75) is 46.1 Å². The minimum Gasteiger partial charge on any atom is -0.493 e. The number of hydrogen-bond acceptors (Lipinski definition) is 3. The fraction of sp³-hybridized carbons (Fsp3) is 0.562. The molecule has 0 aromatic heterocycles. The highest BCUT2D eigenvalue weighted by molar-refractivity contribution is 5.84. The van der Waals surface area contributed by atoms with Crippen molar-refractivity contribution in [1.82, 2.24) is 5.32 Å². The molecule has 3 heteroatoms. The average Bonchev–Trinajstić information content (AvgIpc) is 2.85. The zero-order valence-electron chi connectivity index (χ0n) is 12.1. The van der Waals surface area contributed by atoms with Crippen LogP contribution in [0.5, 0.6) is 5.75 Å². The molecule has 0 saturated carbocycles. The summed E-state index contributed by atoms with van der Waals surface area (Å²) in [4.78, 5) is 11.9. The number of ketones is 1. The summed E-state index contributed by atoms with van der Waals surface area (Å²) in [6.45, 7) is 7.62. The van der Waals surface area contributed by atoms with Crippen LogP contribution in [0, 0.1) is 20.8 Å². The minimum absolute atomic E-state index is 0.0591. The van der Waals surface area contributed by atoms with Gasteiger partial charge in [-0.25, -0.2) is 0 Å². The molecule has 1 unspecified atom stereocenters. The molecule has 1 fully saturated rings. The number of carbonyl (C=O) groups excluding carboxylic acids is 1. The molecule has 1 N–H and O–H groups in total. The number of benzene rings is 1. The second kappa shape index (κ2) is 6.20. The van der Waals surface area contributed by atoms with Crippen molar-refractivity contribution in [3.05, 3.63) is 28.8 Å². The maximum atomic E-state index is 11.9. The maximum absolute atomic E-state index is 11.9. The van der Waals surface area contributed by atoms with Crippen molar-refractivity contribution >= 4 is 5.78 Å². The number of rotatable bonds is 5. The fourth-order valence-electron chi connectivity index (χ4n) is 2.78. The third kappa shape index (κ3) is 3.57. The molecule has 3 nitrogen and oxygen atoms in total. The number of nitrogens with one attached hydrogen (secondary N) is 1. The van der Waals surface area contributed by atoms with Crippen molar-refractivity contribution in [2.75, 3.05) is 13.2 Å². The van der Waals surface area contributed by atoms with Gasteiger partial charge in [-0.1, -0.05) is 17.7 Å². The Kier molecular flexibility index (Phi) is 4.59. The first kappa shape index (κ1) is 14.1. The zero-order valence-corrected chi connectivity index (χ0v) is 12.1. The van der Waals surface area contributed by atoms with Crippen LogP contribution >= 0.6 is 0 Å². The third-order valence-corrected chi connectivity index (χ3v) is 3.65. The predicted molar refractivity (Wildman–Crippen MR) is 76.8 cm³/mol. The van der Waals surface area contributed by atoms with Crippen LogP contribution in [0.25, 0.3) is 0 Å². The van der Waals surface area contributed by atoms with Gasteiger partial charge in [-0.2, -0.15) is 0 Å². The lowest BCUT2D eigenvalue weighted by Crippen LogP contribution is -2.31. The lowest BCUT2D eigenvalue weighted by atomic mass is 10.1. The van der Waals surface area contributed by atoms with E-state index in [1.54, 1.807) is 0 Å². The second-order valence-corrected chi connectivity index (χ2v) is 5.44. The van der Waals surface area contributed by atoms with E-state index in [1.165, 1.54) is 5.56 Å². The smallest absolute Gasteiger partial charge is 0.153 e. The van der Waals surface area contributed by atoms with Gasteiger partial charge in [0.15, 0.2) is 5.78 Å². The van der Waals surface area contributed by atoms with Crippen molar-refractivity contribution in [2.24, 2.45) is 0 Å². The highest BCUT2D eigenvalue weighted by Crippen LogP contribution is 2.24. The fourth-order valence-corrected chi connectivity index (χ4v) is 2.78. The van der Waals surface area contributed by atoms with Crippen molar-refractivity contribution in [1.29, 1.82) is 0 Å². The molecule has 19 heavy (non-hydrogen) atoms. The highest BCUT2D eigenvalue weighted by atomic mass is 16.5. The van der Waals surface area contributed by atoms with Gasteiger partial charge >= 0.3 is 0 Å². The molecule has 2 rings (SSSR count). The first-order valence-corrected chi connectivity index (χ1v) is 7.04. The summed E-state index contributed by atoms with van der Waals surface area (Å²) in [6.07, 6.45) is 2.57. The molecule has 104 valence electrons. The summed E-state index contributed by atoms with van der Waals surface area (Å²) in [5.41, 5.74) is 3.53. The van der Waals surface area contributed by atoms with Gasteiger partial charge in [0.05, 0.1) is 12.6 Å². The molecule has 1 atom stereocenters. The average molecular weight is 261 g/mol. The summed E-state index contributed by atoms with van der Waals surface area (Å²) >= 11 is 0. The quantitative estimate of drug-likeness (QED) is 0.885. The molecule has 0 bridgehead atoms. The van der Waals surface area contributed by atoms with Crippen LogP contribution in [0.1, 0.15) is 36.0 Å². The maximum Gasteiger partial charge on any atom is 0.153 e. The van der Waals surface area contributed by atoms with Crippen LogP contribution in [0.15, 0.2) is 12.1 Å². The van der Waals surface area contributed by atoms with Gasteiger partial charge in [0.1, 0.15) is 5.75 Å². The Balaban J connectivity index is 1.87. The molecule has 0 spiro atoms. The van der Waals surface area contributed by atoms with E-state index in [1.807, 2.05) is 0 Å². The number of ether oxygens (including phenoxy) is 1. The number of carbonyl (C=O) groups is 1. The SMILES string of the molecule is Cc1cc(C)c(OCCC(=O)C2CCCN2)c(C)c1. The number of hydrogen-bond donors (Lipinski definition) is 1. The first-order valence-electron chi connectivity index (χ1n) is 7.04. The van der Waals surface area contributed by atoms with E-state index in [0.717, 1.165) is 36.3 Å². The van der Waals surface area contributed by atoms with Crippen LogP contribution in [0.3, 0.4) is 0 Å². The molecule has 1 aromatic carbocycles. The summed E-state index contributed by atoms with van der Waals surface area (Å²) in [6, 6.07) is 4.29. The van der Waals surface area contributed by atoms with E-state index in [4.69, 9.17) is 4.74 Å².